The van der Waals surface area contributed by atoms with Crippen molar-refractivity contribution in [3.63, 3.8) is 0 Å². The Hall–Kier alpha value is -4.77. The normalized spacial score (nSPS) is 16.2. The van der Waals surface area contributed by atoms with Gasteiger partial charge in [0.25, 0.3) is 23.5 Å². The van der Waals surface area contributed by atoms with Crippen molar-refractivity contribution < 1.29 is 33.5 Å². The van der Waals surface area contributed by atoms with Gasteiger partial charge in [0.2, 0.25) is 5.52 Å². The second-order valence-corrected chi connectivity index (χ2v) is 11.2. The summed E-state index contributed by atoms with van der Waals surface area (Å²) in [6.45, 7) is 5.61. The quantitative estimate of drug-likeness (QED) is 0.220. The van der Waals surface area contributed by atoms with E-state index in [4.69, 9.17) is 9.47 Å². The number of nitrogens with zero attached hydrogens (tertiary/aromatic N) is 5. The van der Waals surface area contributed by atoms with Gasteiger partial charge in [-0.1, -0.05) is 18.2 Å². The third-order valence-electron chi connectivity index (χ3n) is 8.32. The highest BCUT2D eigenvalue weighted by molar-refractivity contribution is 6.21. The van der Waals surface area contributed by atoms with Gasteiger partial charge in [0, 0.05) is 19.3 Å². The fourth-order valence-electron chi connectivity index (χ4n) is 6.04. The smallest absolute Gasteiger partial charge is 0.278 e. The number of pyridine rings is 1. The SMILES string of the molecule is CC[n+]1c(CN2C(=O)c3ccccc3C2=O)n(C[C@@H]2CCCO2)c2cccc(OCC(=O)N(C)Cc3nc(C)ccc3O)c21. The first kappa shape index (κ1) is 29.3. The highest BCUT2D eigenvalue weighted by atomic mass is 16.5. The zero-order valence-electron chi connectivity index (χ0n) is 25.2. The first-order valence-electron chi connectivity index (χ1n) is 14.9. The van der Waals surface area contributed by atoms with Crippen molar-refractivity contribution in [2.75, 3.05) is 20.3 Å². The molecule has 2 aliphatic rings. The third kappa shape index (κ3) is 5.39. The molecule has 228 valence electrons. The third-order valence-corrected chi connectivity index (χ3v) is 8.32. The first-order valence-corrected chi connectivity index (χ1v) is 14.9. The molecule has 0 radical (unpaired) electrons. The minimum Gasteiger partial charge on any atom is -0.506 e. The van der Waals surface area contributed by atoms with Crippen LogP contribution in [0.1, 0.15) is 57.7 Å². The molecule has 1 saturated heterocycles. The number of likely N-dealkylation sites (N-methyl/N-ethyl adjacent to an activating group) is 1. The lowest BCUT2D eigenvalue weighted by Gasteiger charge is -2.18. The molecule has 44 heavy (non-hydrogen) atoms. The monoisotopic (exact) mass is 598 g/mol. The van der Waals surface area contributed by atoms with Gasteiger partial charge < -0.3 is 19.5 Å². The van der Waals surface area contributed by atoms with Gasteiger partial charge in [-0.15, -0.1) is 0 Å². The number of aromatic nitrogens is 3. The molecule has 1 fully saturated rings. The largest absolute Gasteiger partial charge is 0.506 e. The van der Waals surface area contributed by atoms with Crippen molar-refractivity contribution in [1.82, 2.24) is 19.4 Å². The van der Waals surface area contributed by atoms with Crippen LogP contribution >= 0.6 is 0 Å². The molecule has 0 bridgehead atoms. The Labute approximate surface area is 255 Å². The van der Waals surface area contributed by atoms with Crippen LogP contribution in [0.5, 0.6) is 11.5 Å². The molecule has 0 saturated carbocycles. The summed E-state index contributed by atoms with van der Waals surface area (Å²) in [5.41, 5.74) is 3.60. The molecule has 3 amide bonds. The molecule has 2 aromatic carbocycles. The number of rotatable bonds is 10. The van der Waals surface area contributed by atoms with Gasteiger partial charge >= 0.3 is 0 Å². The summed E-state index contributed by atoms with van der Waals surface area (Å²) in [6, 6.07) is 15.8. The molecule has 11 nitrogen and oxygen atoms in total. The Morgan fingerprint density at radius 1 is 1.11 bits per heavy atom. The topological polar surface area (TPSA) is 118 Å². The lowest BCUT2D eigenvalue weighted by Crippen LogP contribution is -2.42. The number of para-hydroxylation sites is 1. The van der Waals surface area contributed by atoms with E-state index < -0.39 is 0 Å². The van der Waals surface area contributed by atoms with Crippen LogP contribution in [0.4, 0.5) is 0 Å². The van der Waals surface area contributed by atoms with Crippen LogP contribution in [0, 0.1) is 6.92 Å². The van der Waals surface area contributed by atoms with E-state index in [0.29, 0.717) is 42.3 Å². The van der Waals surface area contributed by atoms with Crippen LogP contribution in [0.2, 0.25) is 0 Å². The van der Waals surface area contributed by atoms with E-state index >= 15 is 0 Å². The molecular weight excluding hydrogens is 562 g/mol. The Morgan fingerprint density at radius 2 is 1.86 bits per heavy atom. The number of amides is 3. The number of aryl methyl sites for hydroxylation is 2. The average Bonchev–Trinajstić information content (AvgIpc) is 3.71. The Balaban J connectivity index is 1.31. The van der Waals surface area contributed by atoms with E-state index in [0.717, 1.165) is 35.4 Å². The molecule has 2 aromatic heterocycles. The van der Waals surface area contributed by atoms with Crippen LogP contribution in [0.3, 0.4) is 0 Å². The number of carbonyl (C=O) groups is 3. The maximum atomic E-state index is 13.3. The number of imidazole rings is 1. The van der Waals surface area contributed by atoms with Crippen molar-refractivity contribution in [1.29, 1.82) is 0 Å². The highest BCUT2D eigenvalue weighted by Crippen LogP contribution is 2.30. The summed E-state index contributed by atoms with van der Waals surface area (Å²) in [7, 11) is 1.64. The molecule has 4 aromatic rings. The van der Waals surface area contributed by atoms with E-state index in [-0.39, 0.29) is 49.3 Å². The molecule has 4 heterocycles. The van der Waals surface area contributed by atoms with E-state index in [9.17, 15) is 19.5 Å². The number of benzene rings is 2. The molecule has 11 heteroatoms. The fraction of sp³-hybridized carbons (Fsp3) is 0.364. The van der Waals surface area contributed by atoms with Crippen molar-refractivity contribution in [3.8, 4) is 11.5 Å². The van der Waals surface area contributed by atoms with Crippen LogP contribution in [0.25, 0.3) is 11.0 Å². The van der Waals surface area contributed by atoms with Gasteiger partial charge in [-0.25, -0.2) is 9.13 Å². The number of hydrogen-bond acceptors (Lipinski definition) is 7. The second-order valence-electron chi connectivity index (χ2n) is 11.2. The molecule has 0 unspecified atom stereocenters. The van der Waals surface area contributed by atoms with Crippen molar-refractivity contribution in [3.05, 3.63) is 82.9 Å². The molecule has 6 rings (SSSR count). The lowest BCUT2D eigenvalue weighted by atomic mass is 10.1. The van der Waals surface area contributed by atoms with Crippen LogP contribution in [-0.4, -0.2) is 68.5 Å². The van der Waals surface area contributed by atoms with Crippen LogP contribution in [0.15, 0.2) is 54.6 Å². The first-order chi connectivity index (χ1) is 21.3. The number of aromatic hydroxyl groups is 1. The van der Waals surface area contributed by atoms with Crippen molar-refractivity contribution in [2.24, 2.45) is 0 Å². The maximum absolute atomic E-state index is 13.3. The van der Waals surface area contributed by atoms with E-state index in [1.807, 2.05) is 36.6 Å². The number of imide groups is 1. The number of fused-ring (bicyclic) bond motifs is 2. The minimum atomic E-state index is -0.318. The molecule has 1 N–H and O–H groups in total. The van der Waals surface area contributed by atoms with Gasteiger partial charge in [0.05, 0.1) is 30.3 Å². The molecule has 2 aliphatic heterocycles. The minimum absolute atomic E-state index is 0.00304. The Kier molecular flexibility index (Phi) is 8.05. The number of carbonyl (C=O) groups excluding carboxylic acids is 3. The average molecular weight is 599 g/mol. The predicted octanol–water partition coefficient (Wildman–Crippen LogP) is 3.37. The van der Waals surface area contributed by atoms with E-state index in [1.165, 1.54) is 9.80 Å². The fourth-order valence-corrected chi connectivity index (χ4v) is 6.04. The van der Waals surface area contributed by atoms with Crippen molar-refractivity contribution in [2.45, 2.75) is 59.0 Å². The summed E-state index contributed by atoms with van der Waals surface area (Å²) in [6.07, 6.45) is 1.90. The Bertz CT molecular complexity index is 1720. The maximum Gasteiger partial charge on any atom is 0.278 e. The predicted molar refractivity (Wildman–Crippen MR) is 160 cm³/mol. The second kappa shape index (κ2) is 12.1. The zero-order valence-corrected chi connectivity index (χ0v) is 25.2. The molecule has 1 atom stereocenters. The van der Waals surface area contributed by atoms with Gasteiger partial charge in [0.1, 0.15) is 24.5 Å². The summed E-state index contributed by atoms with van der Waals surface area (Å²) in [5.74, 6) is 0.397. The summed E-state index contributed by atoms with van der Waals surface area (Å²) in [4.78, 5) is 46.9. The highest BCUT2D eigenvalue weighted by Gasteiger charge is 2.39. The van der Waals surface area contributed by atoms with Crippen molar-refractivity contribution >= 4 is 28.8 Å². The summed E-state index contributed by atoms with van der Waals surface area (Å²) < 4.78 is 16.3. The Morgan fingerprint density at radius 3 is 2.55 bits per heavy atom. The van der Waals surface area contributed by atoms with Crippen LogP contribution < -0.4 is 9.30 Å². The number of ether oxygens (including phenoxy) is 2. The number of hydrogen-bond donors (Lipinski definition) is 1. The van der Waals surface area contributed by atoms with E-state index in [1.54, 1.807) is 43.4 Å². The van der Waals surface area contributed by atoms with Gasteiger partial charge in [-0.2, -0.15) is 0 Å². The van der Waals surface area contributed by atoms with Gasteiger partial charge in [-0.05, 0) is 63.1 Å². The summed E-state index contributed by atoms with van der Waals surface area (Å²) >= 11 is 0. The van der Waals surface area contributed by atoms with E-state index in [2.05, 4.69) is 9.55 Å². The lowest BCUT2D eigenvalue weighted by molar-refractivity contribution is -0.677. The van der Waals surface area contributed by atoms with Gasteiger partial charge in [0.15, 0.2) is 17.9 Å². The molecule has 0 aliphatic carbocycles. The molecular formula is C33H36N5O6+. The standard InChI is InChI=1S/C33H35N5O6/c1-4-36-29(19-38-32(41)23-10-5-6-11-24(23)33(38)42)37(17-22-9-8-16-43-22)26-12-7-13-28(31(26)36)44-20-30(40)35(3)18-25-27(39)15-14-21(2)34-25/h5-7,10-15,22H,4,8-9,16-20H2,1-3H3/p+1/t22-/m0/s1. The molecule has 0 spiro atoms. The zero-order chi connectivity index (χ0) is 31.0. The van der Waals surface area contributed by atoms with Gasteiger partial charge in [-0.3, -0.25) is 24.3 Å². The summed E-state index contributed by atoms with van der Waals surface area (Å²) in [5, 5.41) is 10.2. The van der Waals surface area contributed by atoms with Crippen LogP contribution in [-0.2, 0) is 35.7 Å².